The molecule has 0 aliphatic carbocycles. The number of carbonyl (C=O) groups excluding carboxylic acids is 1. The van der Waals surface area contributed by atoms with Gasteiger partial charge in [0.2, 0.25) is 5.91 Å². The average molecular weight is 512 g/mol. The zero-order chi connectivity index (χ0) is 24.2. The Morgan fingerprint density at radius 3 is 2.59 bits per heavy atom. The van der Waals surface area contributed by atoms with Crippen LogP contribution >= 0.6 is 34.7 Å². The zero-order valence-electron chi connectivity index (χ0n) is 19.4. The molecular formula is C26H26ClN3O2S2. The second kappa shape index (κ2) is 10.8. The first-order valence-corrected chi connectivity index (χ1v) is 13.4. The number of carbonyl (C=O) groups is 1. The van der Waals surface area contributed by atoms with Crippen LogP contribution in [0.3, 0.4) is 0 Å². The molecule has 0 aliphatic rings. The Hall–Kier alpha value is -2.61. The Bertz CT molecular complexity index is 1390. The lowest BCUT2D eigenvalue weighted by Crippen LogP contribution is -2.23. The first-order chi connectivity index (χ1) is 16.4. The number of aryl methyl sites for hydroxylation is 3. The van der Waals surface area contributed by atoms with Crippen LogP contribution in [0.5, 0.6) is 0 Å². The summed E-state index contributed by atoms with van der Waals surface area (Å²) in [6.07, 6.45) is 2.74. The molecule has 2 aromatic heterocycles. The molecule has 0 unspecified atom stereocenters. The van der Waals surface area contributed by atoms with Gasteiger partial charge in [-0.2, -0.15) is 0 Å². The van der Waals surface area contributed by atoms with Gasteiger partial charge in [-0.1, -0.05) is 61.8 Å². The number of nitrogens with zero attached hydrogens (tertiary/aromatic N) is 2. The predicted octanol–water partition coefficient (Wildman–Crippen LogP) is 6.65. The van der Waals surface area contributed by atoms with Crippen molar-refractivity contribution in [1.82, 2.24) is 9.55 Å². The first kappa shape index (κ1) is 24.5. The third-order valence-corrected chi connectivity index (χ3v) is 8.04. The molecule has 34 heavy (non-hydrogen) atoms. The Morgan fingerprint density at radius 1 is 1.15 bits per heavy atom. The number of thiophene rings is 1. The van der Waals surface area contributed by atoms with E-state index in [2.05, 4.69) is 19.2 Å². The van der Waals surface area contributed by atoms with E-state index in [1.807, 2.05) is 31.2 Å². The van der Waals surface area contributed by atoms with Crippen LogP contribution in [-0.4, -0.2) is 21.2 Å². The van der Waals surface area contributed by atoms with Gasteiger partial charge < -0.3 is 5.32 Å². The molecule has 1 N–H and O–H groups in total. The van der Waals surface area contributed by atoms with Gasteiger partial charge in [-0.15, -0.1) is 11.3 Å². The quantitative estimate of drug-likeness (QED) is 0.212. The standard InChI is InChI=1S/C26H26ClN3O2S2/c1-4-8-21-16(3)23-24(34-21)29-26(30(25(23)32)19-13-11-18(27)12-14-19)33-15-22(31)28-20-10-7-6-9-17(20)5-2/h6-7,9-14H,4-5,8,15H2,1-3H3,(H,28,31). The number of benzene rings is 2. The molecule has 0 spiro atoms. The van der Waals surface area contributed by atoms with Crippen LogP contribution in [-0.2, 0) is 17.6 Å². The Labute approximate surface area is 212 Å². The number of fused-ring (bicyclic) bond motifs is 1. The van der Waals surface area contributed by atoms with Crippen molar-refractivity contribution in [2.24, 2.45) is 0 Å². The summed E-state index contributed by atoms with van der Waals surface area (Å²) in [5.74, 6) is -0.00705. The van der Waals surface area contributed by atoms with Crippen molar-refractivity contribution in [2.75, 3.05) is 11.1 Å². The van der Waals surface area contributed by atoms with Gasteiger partial charge in [-0.05, 0) is 61.2 Å². The smallest absolute Gasteiger partial charge is 0.267 e. The van der Waals surface area contributed by atoms with E-state index in [9.17, 15) is 9.59 Å². The summed E-state index contributed by atoms with van der Waals surface area (Å²) in [5.41, 5.74) is 3.43. The highest BCUT2D eigenvalue weighted by Gasteiger charge is 2.20. The maximum atomic E-state index is 13.7. The lowest BCUT2D eigenvalue weighted by atomic mass is 10.1. The number of para-hydroxylation sites is 1. The molecule has 176 valence electrons. The van der Waals surface area contributed by atoms with Crippen molar-refractivity contribution >= 4 is 56.5 Å². The molecule has 0 saturated heterocycles. The van der Waals surface area contributed by atoms with E-state index in [0.29, 0.717) is 21.3 Å². The molecule has 2 heterocycles. The lowest BCUT2D eigenvalue weighted by Gasteiger charge is -2.13. The van der Waals surface area contributed by atoms with Crippen molar-refractivity contribution < 1.29 is 4.79 Å². The fraction of sp³-hybridized carbons (Fsp3) is 0.269. The van der Waals surface area contributed by atoms with E-state index in [-0.39, 0.29) is 17.2 Å². The SMILES string of the molecule is CCCc1sc2nc(SCC(=O)Nc3ccccc3CC)n(-c3ccc(Cl)cc3)c(=O)c2c1C. The van der Waals surface area contributed by atoms with Crippen molar-refractivity contribution in [1.29, 1.82) is 0 Å². The summed E-state index contributed by atoms with van der Waals surface area (Å²) in [7, 11) is 0. The van der Waals surface area contributed by atoms with Crippen LogP contribution in [0.1, 0.15) is 36.3 Å². The summed E-state index contributed by atoms with van der Waals surface area (Å²) < 4.78 is 1.59. The lowest BCUT2D eigenvalue weighted by molar-refractivity contribution is -0.113. The van der Waals surface area contributed by atoms with Gasteiger partial charge in [0.1, 0.15) is 4.83 Å². The number of hydrogen-bond acceptors (Lipinski definition) is 5. The van der Waals surface area contributed by atoms with Gasteiger partial charge in [-0.3, -0.25) is 14.2 Å². The van der Waals surface area contributed by atoms with Crippen molar-refractivity contribution in [3.8, 4) is 5.69 Å². The number of anilines is 1. The molecule has 5 nitrogen and oxygen atoms in total. The van der Waals surface area contributed by atoms with Crippen LogP contribution in [0.25, 0.3) is 15.9 Å². The molecule has 4 rings (SSSR count). The molecular weight excluding hydrogens is 486 g/mol. The summed E-state index contributed by atoms with van der Waals surface area (Å²) in [4.78, 5) is 33.2. The monoisotopic (exact) mass is 511 g/mol. The predicted molar refractivity (Wildman–Crippen MR) is 144 cm³/mol. The summed E-state index contributed by atoms with van der Waals surface area (Å²) in [6.45, 7) is 6.17. The normalized spacial score (nSPS) is 11.2. The van der Waals surface area contributed by atoms with E-state index in [1.165, 1.54) is 16.6 Å². The van der Waals surface area contributed by atoms with Crippen molar-refractivity contribution in [2.45, 2.75) is 45.2 Å². The highest BCUT2D eigenvalue weighted by Crippen LogP contribution is 2.31. The maximum Gasteiger partial charge on any atom is 0.267 e. The molecule has 0 aliphatic heterocycles. The minimum atomic E-state index is -0.142. The minimum Gasteiger partial charge on any atom is -0.325 e. The number of rotatable bonds is 8. The first-order valence-electron chi connectivity index (χ1n) is 11.2. The van der Waals surface area contributed by atoms with Gasteiger partial charge in [0, 0.05) is 15.6 Å². The molecule has 1 amide bonds. The molecule has 0 radical (unpaired) electrons. The second-order valence-electron chi connectivity index (χ2n) is 7.94. The Balaban J connectivity index is 1.71. The number of halogens is 1. The molecule has 2 aromatic carbocycles. The van der Waals surface area contributed by atoms with Crippen LogP contribution in [0, 0.1) is 6.92 Å². The van der Waals surface area contributed by atoms with Crippen molar-refractivity contribution in [3.63, 3.8) is 0 Å². The topological polar surface area (TPSA) is 64.0 Å². The summed E-state index contributed by atoms with van der Waals surface area (Å²) in [6, 6.07) is 14.9. The van der Waals surface area contributed by atoms with Crippen LogP contribution in [0.4, 0.5) is 5.69 Å². The minimum absolute atomic E-state index is 0.123. The Kier molecular flexibility index (Phi) is 7.76. The largest absolute Gasteiger partial charge is 0.325 e. The maximum absolute atomic E-state index is 13.7. The summed E-state index contributed by atoms with van der Waals surface area (Å²) in [5, 5.41) is 4.72. The number of nitrogens with one attached hydrogen (secondary N) is 1. The van der Waals surface area contributed by atoms with Crippen LogP contribution < -0.4 is 10.9 Å². The van der Waals surface area contributed by atoms with E-state index in [0.717, 1.165) is 40.9 Å². The van der Waals surface area contributed by atoms with Crippen LogP contribution in [0.15, 0.2) is 58.5 Å². The molecule has 0 fully saturated rings. The molecule has 0 atom stereocenters. The third-order valence-electron chi connectivity index (χ3n) is 5.60. The second-order valence-corrected chi connectivity index (χ2v) is 10.4. The van der Waals surface area contributed by atoms with Gasteiger partial charge in [0.25, 0.3) is 5.56 Å². The van der Waals surface area contributed by atoms with Gasteiger partial charge in [-0.25, -0.2) is 4.98 Å². The highest BCUT2D eigenvalue weighted by molar-refractivity contribution is 7.99. The zero-order valence-corrected chi connectivity index (χ0v) is 21.7. The Morgan fingerprint density at radius 2 is 1.88 bits per heavy atom. The van der Waals surface area contributed by atoms with E-state index in [1.54, 1.807) is 40.2 Å². The summed E-state index contributed by atoms with van der Waals surface area (Å²) >= 11 is 8.91. The number of thioether (sulfide) groups is 1. The molecule has 0 bridgehead atoms. The number of hydrogen-bond donors (Lipinski definition) is 1. The number of amides is 1. The number of aromatic nitrogens is 2. The van der Waals surface area contributed by atoms with E-state index >= 15 is 0 Å². The van der Waals surface area contributed by atoms with Gasteiger partial charge >= 0.3 is 0 Å². The van der Waals surface area contributed by atoms with Crippen molar-refractivity contribution in [3.05, 3.63) is 79.9 Å². The fourth-order valence-electron chi connectivity index (χ4n) is 3.86. The highest BCUT2D eigenvalue weighted by atomic mass is 35.5. The molecule has 4 aromatic rings. The van der Waals surface area contributed by atoms with Crippen LogP contribution in [0.2, 0.25) is 5.02 Å². The van der Waals surface area contributed by atoms with E-state index < -0.39 is 0 Å². The molecule has 8 heteroatoms. The average Bonchev–Trinajstić information content (AvgIpc) is 3.14. The van der Waals surface area contributed by atoms with Gasteiger partial charge in [0.15, 0.2) is 5.16 Å². The fourth-order valence-corrected chi connectivity index (χ4v) is 6.12. The van der Waals surface area contributed by atoms with Gasteiger partial charge in [0.05, 0.1) is 16.8 Å². The van der Waals surface area contributed by atoms with E-state index in [4.69, 9.17) is 16.6 Å². The molecule has 0 saturated carbocycles. The third kappa shape index (κ3) is 5.06.